The Bertz CT molecular complexity index is 1270. The Morgan fingerprint density at radius 3 is 2.58 bits per heavy atom. The van der Waals surface area contributed by atoms with E-state index >= 15 is 0 Å². The van der Waals surface area contributed by atoms with Gasteiger partial charge >= 0.3 is 0 Å². The molecule has 36 heavy (non-hydrogen) atoms. The SMILES string of the molecule is C=CCc1cc(/C=N\Nc2nc(C)cc(COC)c2C#N)cc(OCC)c1OCc1ccc(Br)cc1. The molecule has 7 nitrogen and oxygen atoms in total. The smallest absolute Gasteiger partial charge is 0.165 e. The van der Waals surface area contributed by atoms with Crippen LogP contribution in [0.4, 0.5) is 5.82 Å². The Morgan fingerprint density at radius 2 is 1.92 bits per heavy atom. The van der Waals surface area contributed by atoms with Crippen molar-refractivity contribution in [1.82, 2.24) is 4.98 Å². The van der Waals surface area contributed by atoms with Gasteiger partial charge < -0.3 is 14.2 Å². The predicted octanol–water partition coefficient (Wildman–Crippen LogP) is 6.32. The first-order chi connectivity index (χ1) is 17.5. The van der Waals surface area contributed by atoms with Crippen molar-refractivity contribution in [2.45, 2.75) is 33.5 Å². The number of hydrogen-bond acceptors (Lipinski definition) is 7. The van der Waals surface area contributed by atoms with Gasteiger partial charge in [0.25, 0.3) is 0 Å². The summed E-state index contributed by atoms with van der Waals surface area (Å²) in [6.45, 7) is 8.89. The molecular weight excluding hydrogens is 520 g/mol. The zero-order valence-electron chi connectivity index (χ0n) is 20.7. The van der Waals surface area contributed by atoms with Crippen LogP contribution in [0.25, 0.3) is 0 Å². The largest absolute Gasteiger partial charge is 0.490 e. The number of anilines is 1. The highest BCUT2D eigenvalue weighted by molar-refractivity contribution is 9.10. The maximum absolute atomic E-state index is 9.62. The van der Waals surface area contributed by atoms with E-state index in [0.29, 0.717) is 49.1 Å². The van der Waals surface area contributed by atoms with Gasteiger partial charge in [-0.2, -0.15) is 10.4 Å². The third kappa shape index (κ3) is 7.17. The molecule has 0 atom stereocenters. The molecule has 1 aromatic heterocycles. The van der Waals surface area contributed by atoms with E-state index in [0.717, 1.165) is 32.4 Å². The van der Waals surface area contributed by atoms with Crippen LogP contribution in [0.5, 0.6) is 11.5 Å². The molecular formula is C28H29BrN4O3. The fourth-order valence-electron chi connectivity index (χ4n) is 3.61. The number of pyridine rings is 1. The maximum atomic E-state index is 9.62. The maximum Gasteiger partial charge on any atom is 0.165 e. The third-order valence-corrected chi connectivity index (χ3v) is 5.67. The van der Waals surface area contributed by atoms with Gasteiger partial charge in [0.2, 0.25) is 0 Å². The fourth-order valence-corrected chi connectivity index (χ4v) is 3.88. The van der Waals surface area contributed by atoms with Gasteiger partial charge in [-0.3, -0.25) is 5.43 Å². The summed E-state index contributed by atoms with van der Waals surface area (Å²) in [7, 11) is 1.59. The molecule has 0 bridgehead atoms. The van der Waals surface area contributed by atoms with E-state index in [4.69, 9.17) is 14.2 Å². The van der Waals surface area contributed by atoms with Gasteiger partial charge in [0.15, 0.2) is 17.3 Å². The minimum absolute atomic E-state index is 0.314. The van der Waals surface area contributed by atoms with Crippen LogP contribution in [0.3, 0.4) is 0 Å². The lowest BCUT2D eigenvalue weighted by Gasteiger charge is -2.17. The summed E-state index contributed by atoms with van der Waals surface area (Å²) in [5.41, 5.74) is 7.61. The van der Waals surface area contributed by atoms with Crippen LogP contribution in [-0.4, -0.2) is 24.9 Å². The highest BCUT2D eigenvalue weighted by atomic mass is 79.9. The van der Waals surface area contributed by atoms with E-state index in [1.54, 1.807) is 13.3 Å². The van der Waals surface area contributed by atoms with Gasteiger partial charge in [-0.15, -0.1) is 6.58 Å². The summed E-state index contributed by atoms with van der Waals surface area (Å²) in [6, 6.07) is 15.9. The highest BCUT2D eigenvalue weighted by Crippen LogP contribution is 2.34. The molecule has 0 aliphatic heterocycles. The first-order valence-electron chi connectivity index (χ1n) is 11.5. The van der Waals surface area contributed by atoms with E-state index in [2.05, 4.69) is 44.1 Å². The second kappa shape index (κ2) is 13.4. The molecule has 2 aromatic carbocycles. The number of ether oxygens (including phenoxy) is 3. The number of aromatic nitrogens is 1. The van der Waals surface area contributed by atoms with E-state index in [9.17, 15) is 5.26 Å². The number of hydrazone groups is 1. The Morgan fingerprint density at radius 1 is 1.14 bits per heavy atom. The van der Waals surface area contributed by atoms with E-state index < -0.39 is 0 Å². The standard InChI is InChI=1S/C28H29BrN4O3/c1-5-7-22-13-21(16-31-33-28-25(15-30)23(18-34-4)12-19(3)32-28)14-26(35-6-2)27(22)36-17-20-8-10-24(29)11-9-20/h5,8-14,16H,1,6-7,17-18H2,2-4H3,(H,32,33)/b31-16-. The Labute approximate surface area is 220 Å². The summed E-state index contributed by atoms with van der Waals surface area (Å²) in [5, 5.41) is 14.0. The van der Waals surface area contributed by atoms with Crippen LogP contribution < -0.4 is 14.9 Å². The van der Waals surface area contributed by atoms with Gasteiger partial charge in [0, 0.05) is 28.4 Å². The number of rotatable bonds is 12. The molecule has 0 unspecified atom stereocenters. The summed E-state index contributed by atoms with van der Waals surface area (Å²) < 4.78 is 18.3. The van der Waals surface area contributed by atoms with E-state index in [1.165, 1.54) is 0 Å². The van der Waals surface area contributed by atoms with E-state index in [-0.39, 0.29) is 0 Å². The number of benzene rings is 2. The van der Waals surface area contributed by atoms with Crippen LogP contribution in [-0.2, 0) is 24.4 Å². The van der Waals surface area contributed by atoms with Gasteiger partial charge in [-0.25, -0.2) is 4.98 Å². The number of allylic oxidation sites excluding steroid dienone is 1. The van der Waals surface area contributed by atoms with Crippen LogP contribution in [0.15, 0.2) is 64.7 Å². The number of methoxy groups -OCH3 is 1. The van der Waals surface area contributed by atoms with Crippen molar-refractivity contribution in [3.05, 3.63) is 93.1 Å². The molecule has 0 amide bonds. The van der Waals surface area contributed by atoms with Crippen LogP contribution in [0.1, 0.15) is 40.4 Å². The van der Waals surface area contributed by atoms with Gasteiger partial charge in [0.05, 0.1) is 19.4 Å². The number of nitriles is 1. The molecule has 3 aromatic rings. The number of nitrogens with zero attached hydrogens (tertiary/aromatic N) is 3. The second-order valence-corrected chi connectivity index (χ2v) is 8.83. The van der Waals surface area contributed by atoms with Gasteiger partial charge in [-0.05, 0) is 61.7 Å². The molecule has 3 rings (SSSR count). The zero-order chi connectivity index (χ0) is 25.9. The van der Waals surface area contributed by atoms with Crippen molar-refractivity contribution in [2.24, 2.45) is 5.10 Å². The normalized spacial score (nSPS) is 10.8. The number of nitrogens with one attached hydrogen (secondary N) is 1. The third-order valence-electron chi connectivity index (χ3n) is 5.14. The first-order valence-corrected chi connectivity index (χ1v) is 12.2. The molecule has 1 heterocycles. The van der Waals surface area contributed by atoms with Crippen molar-refractivity contribution in [2.75, 3.05) is 19.1 Å². The molecule has 0 fully saturated rings. The summed E-state index contributed by atoms with van der Waals surface area (Å²) in [4.78, 5) is 4.42. The Hall–Kier alpha value is -3.67. The van der Waals surface area contributed by atoms with Crippen molar-refractivity contribution < 1.29 is 14.2 Å². The van der Waals surface area contributed by atoms with Crippen molar-refractivity contribution in [3.63, 3.8) is 0 Å². The monoisotopic (exact) mass is 548 g/mol. The summed E-state index contributed by atoms with van der Waals surface area (Å²) in [6.07, 6.45) is 4.09. The van der Waals surface area contributed by atoms with Crippen molar-refractivity contribution in [1.29, 1.82) is 5.26 Å². The minimum atomic E-state index is 0.314. The average molecular weight is 549 g/mol. The highest BCUT2D eigenvalue weighted by Gasteiger charge is 2.14. The molecule has 8 heteroatoms. The van der Waals surface area contributed by atoms with Crippen LogP contribution in [0, 0.1) is 18.3 Å². The number of aryl methyl sites for hydroxylation is 1. The molecule has 1 N–H and O–H groups in total. The fraction of sp³-hybridized carbons (Fsp3) is 0.250. The van der Waals surface area contributed by atoms with Crippen molar-refractivity contribution in [3.8, 4) is 17.6 Å². The van der Waals surface area contributed by atoms with Gasteiger partial charge in [0.1, 0.15) is 18.2 Å². The summed E-state index contributed by atoms with van der Waals surface area (Å²) >= 11 is 3.46. The minimum Gasteiger partial charge on any atom is -0.490 e. The molecule has 0 spiro atoms. The average Bonchev–Trinajstić information content (AvgIpc) is 2.85. The predicted molar refractivity (Wildman–Crippen MR) is 146 cm³/mol. The van der Waals surface area contributed by atoms with Crippen LogP contribution in [0.2, 0.25) is 0 Å². The van der Waals surface area contributed by atoms with Crippen LogP contribution >= 0.6 is 15.9 Å². The molecule has 0 aliphatic carbocycles. The molecule has 0 radical (unpaired) electrons. The molecule has 0 aliphatic rings. The van der Waals surface area contributed by atoms with Crippen molar-refractivity contribution >= 4 is 28.0 Å². The lowest BCUT2D eigenvalue weighted by atomic mass is 10.1. The second-order valence-electron chi connectivity index (χ2n) is 7.91. The molecule has 0 saturated carbocycles. The lowest BCUT2D eigenvalue weighted by Crippen LogP contribution is -2.05. The lowest BCUT2D eigenvalue weighted by molar-refractivity contribution is 0.184. The number of halogens is 1. The molecule has 0 saturated heterocycles. The zero-order valence-corrected chi connectivity index (χ0v) is 22.3. The quantitative estimate of drug-likeness (QED) is 0.162. The Kier molecular flexibility index (Phi) is 10.0. The summed E-state index contributed by atoms with van der Waals surface area (Å²) in [5.74, 6) is 1.69. The first kappa shape index (κ1) is 26.9. The number of hydrogen-bond donors (Lipinski definition) is 1. The molecule has 186 valence electrons. The Balaban J connectivity index is 1.88. The van der Waals surface area contributed by atoms with E-state index in [1.807, 2.05) is 62.4 Å². The topological polar surface area (TPSA) is 88.8 Å². The van der Waals surface area contributed by atoms with Gasteiger partial charge in [-0.1, -0.05) is 34.1 Å².